The Morgan fingerprint density at radius 3 is 3.24 bits per heavy atom. The second kappa shape index (κ2) is 4.25. The average molecular weight is 229 g/mol. The van der Waals surface area contributed by atoms with Gasteiger partial charge in [-0.3, -0.25) is 4.98 Å². The first kappa shape index (κ1) is 10.4. The van der Waals surface area contributed by atoms with Crippen LogP contribution in [0.4, 0.5) is 0 Å². The van der Waals surface area contributed by atoms with Crippen LogP contribution in [0.5, 0.6) is 0 Å². The van der Waals surface area contributed by atoms with E-state index >= 15 is 0 Å². The van der Waals surface area contributed by atoms with Gasteiger partial charge in [0.1, 0.15) is 5.69 Å². The molecule has 2 aromatic rings. The minimum atomic E-state index is 0.185. The van der Waals surface area contributed by atoms with Crippen molar-refractivity contribution in [1.82, 2.24) is 25.7 Å². The van der Waals surface area contributed by atoms with Gasteiger partial charge in [-0.05, 0) is 31.5 Å². The van der Waals surface area contributed by atoms with E-state index in [0.29, 0.717) is 5.92 Å². The molecule has 17 heavy (non-hydrogen) atoms. The van der Waals surface area contributed by atoms with Crippen molar-refractivity contribution in [3.63, 3.8) is 0 Å². The molecule has 2 aromatic heterocycles. The molecule has 0 spiro atoms. The molecule has 3 rings (SSSR count). The summed E-state index contributed by atoms with van der Waals surface area (Å²) in [5.41, 5.74) is 3.52. The lowest BCUT2D eigenvalue weighted by molar-refractivity contribution is 0.459. The van der Waals surface area contributed by atoms with Crippen molar-refractivity contribution in [1.29, 1.82) is 0 Å². The third-order valence-electron chi connectivity index (χ3n) is 3.47. The quantitative estimate of drug-likeness (QED) is 0.829. The van der Waals surface area contributed by atoms with Crippen molar-refractivity contribution in [2.24, 2.45) is 0 Å². The second-order valence-corrected chi connectivity index (χ2v) is 4.35. The fraction of sp³-hybridized carbons (Fsp3) is 0.417. The van der Waals surface area contributed by atoms with Crippen LogP contribution in [-0.4, -0.2) is 27.4 Å². The van der Waals surface area contributed by atoms with Gasteiger partial charge in [-0.15, -0.1) is 0 Å². The molecule has 5 nitrogen and oxygen atoms in total. The third-order valence-corrected chi connectivity index (χ3v) is 3.47. The van der Waals surface area contributed by atoms with E-state index in [9.17, 15) is 0 Å². The Morgan fingerprint density at radius 1 is 1.53 bits per heavy atom. The molecule has 0 fully saturated rings. The van der Waals surface area contributed by atoms with Gasteiger partial charge in [-0.25, -0.2) is 0 Å². The molecule has 2 heterocycles. The molecule has 0 radical (unpaired) electrons. The van der Waals surface area contributed by atoms with Gasteiger partial charge in [0.25, 0.3) is 0 Å². The van der Waals surface area contributed by atoms with Crippen molar-refractivity contribution in [2.75, 3.05) is 7.05 Å². The van der Waals surface area contributed by atoms with Crippen LogP contribution in [0, 0.1) is 0 Å². The lowest BCUT2D eigenvalue weighted by Crippen LogP contribution is -2.23. The molecule has 2 atom stereocenters. The summed E-state index contributed by atoms with van der Waals surface area (Å²) in [5, 5.41) is 14.1. The van der Waals surface area contributed by atoms with Crippen LogP contribution < -0.4 is 5.32 Å². The smallest absolute Gasteiger partial charge is 0.100 e. The Morgan fingerprint density at radius 2 is 2.47 bits per heavy atom. The van der Waals surface area contributed by atoms with Crippen LogP contribution in [0.2, 0.25) is 0 Å². The predicted octanol–water partition coefficient (Wildman–Crippen LogP) is 1.19. The summed E-state index contributed by atoms with van der Waals surface area (Å²) in [5.74, 6) is 0.390. The lowest BCUT2D eigenvalue weighted by atomic mass is 9.95. The van der Waals surface area contributed by atoms with Crippen LogP contribution in [0.25, 0.3) is 0 Å². The van der Waals surface area contributed by atoms with Crippen LogP contribution in [0.3, 0.4) is 0 Å². The number of fused-ring (bicyclic) bond motifs is 1. The first-order valence-corrected chi connectivity index (χ1v) is 5.87. The maximum Gasteiger partial charge on any atom is 0.100 e. The monoisotopic (exact) mass is 229 g/mol. The number of nitrogens with one attached hydrogen (secondary N) is 2. The van der Waals surface area contributed by atoms with Gasteiger partial charge < -0.3 is 5.32 Å². The largest absolute Gasteiger partial charge is 0.311 e. The maximum atomic E-state index is 4.52. The molecular weight excluding hydrogens is 214 g/mol. The molecule has 0 aromatic carbocycles. The highest BCUT2D eigenvalue weighted by Gasteiger charge is 2.32. The highest BCUT2D eigenvalue weighted by atomic mass is 15.3. The number of H-pyrrole nitrogens is 1. The first-order valence-electron chi connectivity index (χ1n) is 5.87. The van der Waals surface area contributed by atoms with Crippen LogP contribution >= 0.6 is 0 Å². The first-order chi connectivity index (χ1) is 8.40. The summed E-state index contributed by atoms with van der Waals surface area (Å²) in [7, 11) is 1.96. The summed E-state index contributed by atoms with van der Waals surface area (Å²) in [6.07, 6.45) is 5.86. The third kappa shape index (κ3) is 1.72. The number of aromatic nitrogens is 4. The molecule has 2 unspecified atom stereocenters. The number of pyridine rings is 1. The van der Waals surface area contributed by atoms with Crippen LogP contribution in [0.1, 0.15) is 35.3 Å². The standard InChI is InChI=1S/C12H15N5/c1-13-12(10-7-15-17-16-10)9-5-4-8-3-2-6-14-11(8)9/h2-3,6-7,9,12-13H,4-5H2,1H3,(H,15,16,17). The topological polar surface area (TPSA) is 66.5 Å². The van der Waals surface area contributed by atoms with E-state index in [0.717, 1.165) is 18.5 Å². The van der Waals surface area contributed by atoms with Crippen molar-refractivity contribution in [3.8, 4) is 0 Å². The number of likely N-dealkylation sites (N-methyl/N-ethyl adjacent to an activating group) is 1. The molecule has 0 amide bonds. The number of aromatic amines is 1. The number of hydrogen-bond acceptors (Lipinski definition) is 4. The van der Waals surface area contributed by atoms with Gasteiger partial charge in [0.15, 0.2) is 0 Å². The van der Waals surface area contributed by atoms with Crippen LogP contribution in [-0.2, 0) is 6.42 Å². The van der Waals surface area contributed by atoms with Crippen molar-refractivity contribution >= 4 is 0 Å². The van der Waals surface area contributed by atoms with E-state index in [1.54, 1.807) is 6.20 Å². The zero-order valence-corrected chi connectivity index (χ0v) is 9.72. The Hall–Kier alpha value is -1.75. The van der Waals surface area contributed by atoms with E-state index in [1.807, 2.05) is 19.3 Å². The molecule has 5 heteroatoms. The summed E-state index contributed by atoms with van der Waals surface area (Å²) in [6, 6.07) is 4.36. The zero-order chi connectivity index (χ0) is 11.7. The molecule has 0 saturated heterocycles. The minimum absolute atomic E-state index is 0.185. The molecule has 0 saturated carbocycles. The normalized spacial score (nSPS) is 20.2. The SMILES string of the molecule is CNC(c1cn[nH]n1)C1CCc2cccnc21. The lowest BCUT2D eigenvalue weighted by Gasteiger charge is -2.20. The van der Waals surface area contributed by atoms with Crippen molar-refractivity contribution in [2.45, 2.75) is 24.8 Å². The summed E-state index contributed by atoms with van der Waals surface area (Å²) >= 11 is 0. The van der Waals surface area contributed by atoms with Gasteiger partial charge in [0.2, 0.25) is 0 Å². The van der Waals surface area contributed by atoms with E-state index in [4.69, 9.17) is 0 Å². The fourth-order valence-electron chi connectivity index (χ4n) is 2.68. The van der Waals surface area contributed by atoms with Crippen LogP contribution in [0.15, 0.2) is 24.5 Å². The van der Waals surface area contributed by atoms with Gasteiger partial charge in [0, 0.05) is 17.8 Å². The number of rotatable bonds is 3. The Labute approximate surface area is 99.7 Å². The number of aryl methyl sites for hydroxylation is 1. The maximum absolute atomic E-state index is 4.52. The van der Waals surface area contributed by atoms with Gasteiger partial charge in [-0.2, -0.15) is 15.4 Å². The molecule has 88 valence electrons. The predicted molar refractivity (Wildman–Crippen MR) is 63.5 cm³/mol. The van der Waals surface area contributed by atoms with Gasteiger partial charge >= 0.3 is 0 Å². The van der Waals surface area contributed by atoms with E-state index in [-0.39, 0.29) is 6.04 Å². The van der Waals surface area contributed by atoms with E-state index in [2.05, 4.69) is 31.8 Å². The van der Waals surface area contributed by atoms with Gasteiger partial charge in [0.05, 0.1) is 12.2 Å². The average Bonchev–Trinajstić information content (AvgIpc) is 3.01. The Bertz CT molecular complexity index is 493. The number of hydrogen-bond donors (Lipinski definition) is 2. The van der Waals surface area contributed by atoms with Gasteiger partial charge in [-0.1, -0.05) is 6.07 Å². The molecule has 0 bridgehead atoms. The zero-order valence-electron chi connectivity index (χ0n) is 9.72. The Kier molecular flexibility index (Phi) is 2.60. The molecular formula is C12H15N5. The Balaban J connectivity index is 1.95. The number of nitrogens with zero attached hydrogens (tertiary/aromatic N) is 3. The van der Waals surface area contributed by atoms with Crippen molar-refractivity contribution in [3.05, 3.63) is 41.5 Å². The summed E-state index contributed by atoms with van der Waals surface area (Å²) in [4.78, 5) is 4.52. The highest BCUT2D eigenvalue weighted by molar-refractivity contribution is 5.31. The van der Waals surface area contributed by atoms with E-state index < -0.39 is 0 Å². The fourth-order valence-corrected chi connectivity index (χ4v) is 2.68. The highest BCUT2D eigenvalue weighted by Crippen LogP contribution is 2.39. The summed E-state index contributed by atoms with van der Waals surface area (Å²) < 4.78 is 0. The molecule has 2 N–H and O–H groups in total. The van der Waals surface area contributed by atoms with E-state index in [1.165, 1.54) is 11.3 Å². The molecule has 0 aliphatic heterocycles. The summed E-state index contributed by atoms with van der Waals surface area (Å²) in [6.45, 7) is 0. The van der Waals surface area contributed by atoms with Crippen molar-refractivity contribution < 1.29 is 0 Å². The molecule has 1 aliphatic carbocycles. The minimum Gasteiger partial charge on any atom is -0.311 e. The molecule has 1 aliphatic rings. The second-order valence-electron chi connectivity index (χ2n) is 4.35.